The summed E-state index contributed by atoms with van der Waals surface area (Å²) >= 11 is 7.95. The summed E-state index contributed by atoms with van der Waals surface area (Å²) in [5, 5.41) is 2.44. The van der Waals surface area contributed by atoms with Crippen LogP contribution in [0.5, 0.6) is 0 Å². The molecule has 0 saturated carbocycles. The molecule has 2 rings (SSSR count). The van der Waals surface area contributed by atoms with Crippen LogP contribution in [0.15, 0.2) is 46.7 Å². The highest BCUT2D eigenvalue weighted by Gasteiger charge is 2.32. The lowest BCUT2D eigenvalue weighted by Gasteiger charge is -2.34. The van der Waals surface area contributed by atoms with Crippen LogP contribution >= 0.6 is 23.4 Å². The van der Waals surface area contributed by atoms with Crippen LogP contribution in [0.2, 0.25) is 5.02 Å². The number of methoxy groups -OCH3 is 1. The second-order valence-corrected chi connectivity index (χ2v) is 6.62. The fourth-order valence-corrected chi connectivity index (χ4v) is 3.61. The van der Waals surface area contributed by atoms with Gasteiger partial charge in [-0.25, -0.2) is 4.79 Å². The zero-order valence-corrected chi connectivity index (χ0v) is 14.4. The lowest BCUT2D eigenvalue weighted by atomic mass is 10.0. The van der Waals surface area contributed by atoms with Gasteiger partial charge in [-0.15, -0.1) is 11.8 Å². The number of thioether (sulfide) groups is 1. The highest BCUT2D eigenvalue weighted by atomic mass is 35.5. The van der Waals surface area contributed by atoms with E-state index >= 15 is 0 Å². The summed E-state index contributed by atoms with van der Waals surface area (Å²) in [6.07, 6.45) is 0.903. The quantitative estimate of drug-likeness (QED) is 0.744. The molecule has 1 aliphatic rings. The Balaban J connectivity index is 2.31. The number of benzene rings is 1. The molecule has 1 atom stereocenters. The van der Waals surface area contributed by atoms with E-state index in [9.17, 15) is 4.79 Å². The van der Waals surface area contributed by atoms with Gasteiger partial charge >= 0.3 is 5.97 Å². The minimum Gasteiger partial charge on any atom is -0.468 e. The van der Waals surface area contributed by atoms with Crippen molar-refractivity contribution in [3.63, 3.8) is 0 Å². The monoisotopic (exact) mass is 337 g/mol. The third kappa shape index (κ3) is 3.75. The van der Waals surface area contributed by atoms with Crippen molar-refractivity contribution in [2.75, 3.05) is 20.2 Å². The fraction of sp³-hybridized carbons (Fsp3) is 0.353. The molecule has 0 unspecified atom stereocenters. The third-order valence-electron chi connectivity index (χ3n) is 3.76. The Morgan fingerprint density at radius 2 is 2.23 bits per heavy atom. The number of rotatable bonds is 5. The summed E-state index contributed by atoms with van der Waals surface area (Å²) in [4.78, 5) is 15.8. The fourth-order valence-electron chi connectivity index (χ4n) is 2.69. The van der Waals surface area contributed by atoms with Gasteiger partial charge in [-0.2, -0.15) is 0 Å². The van der Waals surface area contributed by atoms with E-state index in [1.54, 1.807) is 17.8 Å². The number of halogens is 1. The molecule has 0 aliphatic carbocycles. The molecule has 1 aliphatic heterocycles. The Morgan fingerprint density at radius 1 is 1.50 bits per heavy atom. The van der Waals surface area contributed by atoms with Crippen molar-refractivity contribution in [1.82, 2.24) is 4.90 Å². The molecule has 118 valence electrons. The average Bonchev–Trinajstić information content (AvgIpc) is 2.52. The largest absolute Gasteiger partial charge is 0.468 e. The second-order valence-electron chi connectivity index (χ2n) is 5.16. The summed E-state index contributed by atoms with van der Waals surface area (Å²) < 4.78 is 5.01. The molecule has 22 heavy (non-hydrogen) atoms. The van der Waals surface area contributed by atoms with Gasteiger partial charge in [0.2, 0.25) is 0 Å². The van der Waals surface area contributed by atoms with E-state index in [2.05, 4.69) is 18.4 Å². The molecule has 0 spiro atoms. The van der Waals surface area contributed by atoms with Crippen LogP contribution in [-0.2, 0) is 9.53 Å². The molecule has 0 bridgehead atoms. The van der Waals surface area contributed by atoms with Crippen molar-refractivity contribution >= 4 is 29.3 Å². The first-order chi connectivity index (χ1) is 10.6. The molecule has 0 radical (unpaired) electrons. The van der Waals surface area contributed by atoms with Gasteiger partial charge in [0.25, 0.3) is 0 Å². The zero-order valence-electron chi connectivity index (χ0n) is 12.8. The van der Waals surface area contributed by atoms with E-state index in [1.165, 1.54) is 17.6 Å². The standard InChI is InChI=1S/C17H20ClNO2S/c1-4-22-15-9-10-19(11-12(15)2)16(17(20)21-3)13-7-5-6-8-14(13)18/h4-8,16H,1,9-11H2,2-3H3/t16-/m0/s1. The molecule has 0 saturated heterocycles. The summed E-state index contributed by atoms with van der Waals surface area (Å²) in [6.45, 7) is 7.38. The maximum Gasteiger partial charge on any atom is 0.327 e. The van der Waals surface area contributed by atoms with E-state index in [1.807, 2.05) is 23.6 Å². The predicted molar refractivity (Wildman–Crippen MR) is 92.9 cm³/mol. The van der Waals surface area contributed by atoms with Gasteiger partial charge in [0.15, 0.2) is 0 Å². The highest BCUT2D eigenvalue weighted by Crippen LogP contribution is 2.35. The van der Waals surface area contributed by atoms with E-state index < -0.39 is 6.04 Å². The maximum absolute atomic E-state index is 12.3. The Labute approximate surface area is 141 Å². The molecule has 1 aromatic carbocycles. The second kappa shape index (κ2) is 7.86. The first kappa shape index (κ1) is 17.1. The number of esters is 1. The van der Waals surface area contributed by atoms with Gasteiger partial charge in [0, 0.05) is 18.1 Å². The van der Waals surface area contributed by atoms with E-state index in [4.69, 9.17) is 16.3 Å². The van der Waals surface area contributed by atoms with E-state index in [0.717, 1.165) is 25.1 Å². The van der Waals surface area contributed by atoms with Gasteiger partial charge in [0.05, 0.1) is 7.11 Å². The zero-order chi connectivity index (χ0) is 16.1. The first-order valence-corrected chi connectivity index (χ1v) is 8.36. The van der Waals surface area contributed by atoms with Crippen LogP contribution in [-0.4, -0.2) is 31.1 Å². The number of carbonyl (C=O) groups excluding carboxylic acids is 1. The van der Waals surface area contributed by atoms with Crippen molar-refractivity contribution in [2.24, 2.45) is 0 Å². The SMILES string of the molecule is C=CSC1=C(C)CN([C@H](C(=O)OC)c2ccccc2Cl)CC1. The summed E-state index contributed by atoms with van der Waals surface area (Å²) in [5.41, 5.74) is 2.06. The van der Waals surface area contributed by atoms with Gasteiger partial charge in [0.1, 0.15) is 6.04 Å². The summed E-state index contributed by atoms with van der Waals surface area (Å²) in [5.74, 6) is -0.277. The van der Waals surface area contributed by atoms with Gasteiger partial charge in [-0.3, -0.25) is 4.90 Å². The Morgan fingerprint density at radius 3 is 2.82 bits per heavy atom. The number of hydrogen-bond donors (Lipinski definition) is 0. The van der Waals surface area contributed by atoms with E-state index in [0.29, 0.717) is 5.02 Å². The van der Waals surface area contributed by atoms with Crippen LogP contribution in [0.3, 0.4) is 0 Å². The van der Waals surface area contributed by atoms with Crippen molar-refractivity contribution in [2.45, 2.75) is 19.4 Å². The molecule has 5 heteroatoms. The first-order valence-electron chi connectivity index (χ1n) is 7.11. The molecule has 1 heterocycles. The van der Waals surface area contributed by atoms with Gasteiger partial charge in [-0.05, 0) is 40.9 Å². The van der Waals surface area contributed by atoms with Crippen molar-refractivity contribution in [1.29, 1.82) is 0 Å². The minimum atomic E-state index is -0.469. The highest BCUT2D eigenvalue weighted by molar-refractivity contribution is 8.05. The Hall–Kier alpha value is -1.23. The number of carbonyl (C=O) groups is 1. The predicted octanol–water partition coefficient (Wildman–Crippen LogP) is 4.41. The number of hydrogen-bond acceptors (Lipinski definition) is 4. The average molecular weight is 338 g/mol. The normalized spacial score (nSPS) is 17.2. The van der Waals surface area contributed by atoms with Gasteiger partial charge in [-0.1, -0.05) is 36.4 Å². The molecule has 1 aromatic rings. The van der Waals surface area contributed by atoms with Crippen molar-refractivity contribution in [3.05, 3.63) is 57.3 Å². The topological polar surface area (TPSA) is 29.5 Å². The van der Waals surface area contributed by atoms with Crippen molar-refractivity contribution < 1.29 is 9.53 Å². The third-order valence-corrected chi connectivity index (χ3v) is 5.11. The molecule has 0 N–H and O–H groups in total. The lowest BCUT2D eigenvalue weighted by Crippen LogP contribution is -2.39. The van der Waals surface area contributed by atoms with Crippen LogP contribution in [0, 0.1) is 0 Å². The van der Waals surface area contributed by atoms with Gasteiger partial charge < -0.3 is 4.74 Å². The van der Waals surface area contributed by atoms with Crippen LogP contribution in [0.4, 0.5) is 0 Å². The van der Waals surface area contributed by atoms with Crippen LogP contribution < -0.4 is 0 Å². The maximum atomic E-state index is 12.3. The molecular formula is C17H20ClNO2S. The smallest absolute Gasteiger partial charge is 0.327 e. The molecular weight excluding hydrogens is 318 g/mol. The molecule has 0 amide bonds. The molecule has 0 aromatic heterocycles. The number of ether oxygens (including phenoxy) is 1. The number of nitrogens with zero attached hydrogens (tertiary/aromatic N) is 1. The molecule has 0 fully saturated rings. The Bertz CT molecular complexity index is 600. The summed E-state index contributed by atoms with van der Waals surface area (Å²) in [7, 11) is 1.41. The lowest BCUT2D eigenvalue weighted by molar-refractivity contribution is -0.147. The van der Waals surface area contributed by atoms with Crippen molar-refractivity contribution in [3.8, 4) is 0 Å². The Kier molecular flexibility index (Phi) is 6.12. The minimum absolute atomic E-state index is 0.277. The summed E-state index contributed by atoms with van der Waals surface area (Å²) in [6, 6.07) is 6.97. The van der Waals surface area contributed by atoms with Crippen LogP contribution in [0.1, 0.15) is 24.9 Å². The van der Waals surface area contributed by atoms with Crippen LogP contribution in [0.25, 0.3) is 0 Å². The molecule has 3 nitrogen and oxygen atoms in total. The van der Waals surface area contributed by atoms with E-state index in [-0.39, 0.29) is 5.97 Å².